The zero-order valence-electron chi connectivity index (χ0n) is 7.81. The predicted molar refractivity (Wildman–Crippen MR) is 56.1 cm³/mol. The van der Waals surface area contributed by atoms with Crippen molar-refractivity contribution in [1.82, 2.24) is 0 Å². The number of carbonyl (C=O) groups excluding carboxylic acids is 1. The van der Waals surface area contributed by atoms with E-state index in [1.54, 1.807) is 12.1 Å². The van der Waals surface area contributed by atoms with Gasteiger partial charge in [-0.05, 0) is 0 Å². The molecule has 0 saturated heterocycles. The summed E-state index contributed by atoms with van der Waals surface area (Å²) < 4.78 is 0. The van der Waals surface area contributed by atoms with E-state index in [0.29, 0.717) is 18.5 Å². The highest BCUT2D eigenvalue weighted by Crippen LogP contribution is 2.02. The number of rotatable bonds is 4. The van der Waals surface area contributed by atoms with Crippen molar-refractivity contribution in [3.05, 3.63) is 35.9 Å². The number of hydrogen-bond donors (Lipinski definition) is 2. The van der Waals surface area contributed by atoms with Crippen LogP contribution in [0, 0.1) is 0 Å². The van der Waals surface area contributed by atoms with Crippen LogP contribution >= 0.6 is 0 Å². The van der Waals surface area contributed by atoms with E-state index in [9.17, 15) is 4.79 Å². The van der Waals surface area contributed by atoms with Crippen molar-refractivity contribution in [1.29, 1.82) is 0 Å². The van der Waals surface area contributed by atoms with Gasteiger partial charge >= 0.3 is 0 Å². The second-order valence-corrected chi connectivity index (χ2v) is 2.85. The fourth-order valence-corrected chi connectivity index (χ4v) is 1.05. The van der Waals surface area contributed by atoms with E-state index in [1.807, 2.05) is 18.2 Å². The summed E-state index contributed by atoms with van der Waals surface area (Å²) >= 11 is 0. The van der Waals surface area contributed by atoms with Crippen LogP contribution in [0.1, 0.15) is 16.8 Å². The van der Waals surface area contributed by atoms with Gasteiger partial charge < -0.3 is 11.5 Å². The first-order valence-corrected chi connectivity index (χ1v) is 4.34. The standard InChI is InChI=1S/C10H13N3O/c11-10(12)13-7-6-9(14)8-4-2-1-3-5-8/h1-5H,6-7H2,(H4,11,12,13). The molecule has 4 N–H and O–H groups in total. The third-order valence-electron chi connectivity index (χ3n) is 1.73. The molecule has 0 fully saturated rings. The quantitative estimate of drug-likeness (QED) is 0.414. The highest BCUT2D eigenvalue weighted by atomic mass is 16.1. The van der Waals surface area contributed by atoms with Crippen molar-refractivity contribution < 1.29 is 4.79 Å². The molecule has 0 aromatic heterocycles. The van der Waals surface area contributed by atoms with E-state index < -0.39 is 0 Å². The fourth-order valence-electron chi connectivity index (χ4n) is 1.05. The fraction of sp³-hybridized carbons (Fsp3) is 0.200. The molecule has 0 amide bonds. The Morgan fingerprint density at radius 2 is 1.86 bits per heavy atom. The van der Waals surface area contributed by atoms with E-state index in [2.05, 4.69) is 4.99 Å². The maximum Gasteiger partial charge on any atom is 0.185 e. The van der Waals surface area contributed by atoms with E-state index in [-0.39, 0.29) is 11.7 Å². The summed E-state index contributed by atoms with van der Waals surface area (Å²) in [6.45, 7) is 0.343. The molecular formula is C10H13N3O. The minimum absolute atomic E-state index is 0.0193. The largest absolute Gasteiger partial charge is 0.370 e. The van der Waals surface area contributed by atoms with Crippen molar-refractivity contribution >= 4 is 11.7 Å². The minimum Gasteiger partial charge on any atom is -0.370 e. The van der Waals surface area contributed by atoms with Crippen LogP contribution in [-0.4, -0.2) is 18.3 Å². The van der Waals surface area contributed by atoms with Crippen LogP contribution < -0.4 is 11.5 Å². The van der Waals surface area contributed by atoms with Crippen molar-refractivity contribution in [2.75, 3.05) is 6.54 Å². The summed E-state index contributed by atoms with van der Waals surface area (Å²) in [5, 5.41) is 0. The molecule has 0 aliphatic rings. The number of ketones is 1. The molecule has 0 heterocycles. The van der Waals surface area contributed by atoms with Gasteiger partial charge in [0.25, 0.3) is 0 Å². The lowest BCUT2D eigenvalue weighted by atomic mass is 10.1. The monoisotopic (exact) mass is 191 g/mol. The summed E-state index contributed by atoms with van der Waals surface area (Å²) in [4.78, 5) is 15.2. The van der Waals surface area contributed by atoms with Crippen LogP contribution in [0.4, 0.5) is 0 Å². The van der Waals surface area contributed by atoms with Gasteiger partial charge in [-0.15, -0.1) is 0 Å². The number of aliphatic imine (C=N–C) groups is 1. The Kier molecular flexibility index (Phi) is 3.67. The molecule has 4 heteroatoms. The van der Waals surface area contributed by atoms with Gasteiger partial charge in [0.05, 0.1) is 0 Å². The van der Waals surface area contributed by atoms with Crippen LogP contribution in [-0.2, 0) is 0 Å². The maximum absolute atomic E-state index is 11.5. The Morgan fingerprint density at radius 3 is 2.43 bits per heavy atom. The summed E-state index contributed by atoms with van der Waals surface area (Å²) in [6.07, 6.45) is 0.335. The van der Waals surface area contributed by atoms with Gasteiger partial charge in [0.15, 0.2) is 11.7 Å². The third-order valence-corrected chi connectivity index (χ3v) is 1.73. The van der Waals surface area contributed by atoms with E-state index >= 15 is 0 Å². The molecule has 4 nitrogen and oxygen atoms in total. The molecular weight excluding hydrogens is 178 g/mol. The van der Waals surface area contributed by atoms with E-state index in [4.69, 9.17) is 11.5 Å². The topological polar surface area (TPSA) is 81.5 Å². The average Bonchev–Trinajstić information content (AvgIpc) is 2.18. The minimum atomic E-state index is 0.0193. The first-order chi connectivity index (χ1) is 6.70. The molecule has 1 rings (SSSR count). The zero-order valence-corrected chi connectivity index (χ0v) is 7.81. The second-order valence-electron chi connectivity index (χ2n) is 2.85. The van der Waals surface area contributed by atoms with Crippen LogP contribution in [0.25, 0.3) is 0 Å². The van der Waals surface area contributed by atoms with Gasteiger partial charge in [-0.1, -0.05) is 30.3 Å². The summed E-state index contributed by atoms with van der Waals surface area (Å²) in [5.74, 6) is 0.0708. The number of guanidine groups is 1. The highest BCUT2D eigenvalue weighted by molar-refractivity contribution is 5.96. The second kappa shape index (κ2) is 5.01. The Labute approximate surface area is 82.6 Å². The number of nitrogens with zero attached hydrogens (tertiary/aromatic N) is 1. The first kappa shape index (κ1) is 10.2. The van der Waals surface area contributed by atoms with Crippen LogP contribution in [0.2, 0.25) is 0 Å². The van der Waals surface area contributed by atoms with Gasteiger partial charge in [0.1, 0.15) is 0 Å². The molecule has 1 aromatic rings. The zero-order chi connectivity index (χ0) is 10.4. The van der Waals surface area contributed by atoms with Gasteiger partial charge in [0, 0.05) is 18.5 Å². The molecule has 0 unspecified atom stereocenters. The van der Waals surface area contributed by atoms with Gasteiger partial charge in [0.2, 0.25) is 0 Å². The number of nitrogens with two attached hydrogens (primary N) is 2. The van der Waals surface area contributed by atoms with E-state index in [1.165, 1.54) is 0 Å². The lowest BCUT2D eigenvalue weighted by Gasteiger charge is -1.97. The molecule has 14 heavy (non-hydrogen) atoms. The molecule has 0 bridgehead atoms. The molecule has 74 valence electrons. The molecule has 0 atom stereocenters. The lowest BCUT2D eigenvalue weighted by Crippen LogP contribution is -2.23. The van der Waals surface area contributed by atoms with Crippen LogP contribution in [0.15, 0.2) is 35.3 Å². The molecule has 0 radical (unpaired) electrons. The number of benzene rings is 1. The summed E-state index contributed by atoms with van der Waals surface area (Å²) in [6, 6.07) is 9.07. The number of Topliss-reactive ketones (excluding diaryl/α,β-unsaturated/α-hetero) is 1. The van der Waals surface area contributed by atoms with Gasteiger partial charge in [-0.2, -0.15) is 0 Å². The van der Waals surface area contributed by atoms with Crippen molar-refractivity contribution in [3.8, 4) is 0 Å². The SMILES string of the molecule is NC(N)=NCCC(=O)c1ccccc1. The Balaban J connectivity index is 2.48. The molecule has 0 aliphatic carbocycles. The summed E-state index contributed by atoms with van der Waals surface area (Å²) in [7, 11) is 0. The number of hydrogen-bond acceptors (Lipinski definition) is 2. The lowest BCUT2D eigenvalue weighted by molar-refractivity contribution is 0.0985. The predicted octanol–water partition coefficient (Wildman–Crippen LogP) is 0.533. The van der Waals surface area contributed by atoms with Crippen LogP contribution in [0.5, 0.6) is 0 Å². The van der Waals surface area contributed by atoms with Gasteiger partial charge in [-0.3, -0.25) is 9.79 Å². The molecule has 1 aromatic carbocycles. The average molecular weight is 191 g/mol. The Bertz CT molecular complexity index is 328. The molecule has 0 saturated carbocycles. The first-order valence-electron chi connectivity index (χ1n) is 4.34. The molecule has 0 aliphatic heterocycles. The maximum atomic E-state index is 11.5. The van der Waals surface area contributed by atoms with Gasteiger partial charge in [-0.25, -0.2) is 0 Å². The highest BCUT2D eigenvalue weighted by Gasteiger charge is 2.03. The smallest absolute Gasteiger partial charge is 0.185 e. The normalized spacial score (nSPS) is 9.43. The van der Waals surface area contributed by atoms with E-state index in [0.717, 1.165) is 0 Å². The van der Waals surface area contributed by atoms with Crippen LogP contribution in [0.3, 0.4) is 0 Å². The summed E-state index contributed by atoms with van der Waals surface area (Å²) in [5.41, 5.74) is 11.0. The Morgan fingerprint density at radius 1 is 1.21 bits per heavy atom. The number of carbonyl (C=O) groups is 1. The van der Waals surface area contributed by atoms with Crippen molar-refractivity contribution in [2.24, 2.45) is 16.5 Å². The third kappa shape index (κ3) is 3.26. The molecule has 0 spiro atoms. The van der Waals surface area contributed by atoms with Crippen molar-refractivity contribution in [3.63, 3.8) is 0 Å². The Hall–Kier alpha value is -1.84. The van der Waals surface area contributed by atoms with Crippen molar-refractivity contribution in [2.45, 2.75) is 6.42 Å².